The van der Waals surface area contributed by atoms with Crippen LogP contribution in [0.15, 0.2) is 137 Å². The van der Waals surface area contributed by atoms with E-state index < -0.39 is 5.97 Å². The van der Waals surface area contributed by atoms with Crippen LogP contribution < -0.4 is 20.8 Å². The average Bonchev–Trinajstić information content (AvgIpc) is 3.53. The second-order valence-corrected chi connectivity index (χ2v) is 12.5. The van der Waals surface area contributed by atoms with E-state index in [2.05, 4.69) is 15.6 Å². The lowest BCUT2D eigenvalue weighted by Crippen LogP contribution is -2.19. The summed E-state index contributed by atoms with van der Waals surface area (Å²) in [5.74, 6) is 1.43. The fourth-order valence-electron chi connectivity index (χ4n) is 6.17. The van der Waals surface area contributed by atoms with Crippen LogP contribution in [-0.2, 0) is 6.42 Å². The van der Waals surface area contributed by atoms with Gasteiger partial charge >= 0.3 is 5.97 Å². The number of hydrogen-bond acceptors (Lipinski definition) is 7. The summed E-state index contributed by atoms with van der Waals surface area (Å²) in [5.41, 5.74) is 5.44. The third-order valence-corrected chi connectivity index (χ3v) is 8.72. The zero-order chi connectivity index (χ0) is 35.8. The summed E-state index contributed by atoms with van der Waals surface area (Å²) in [4.78, 5) is 32.9. The number of aromatic carboxylic acids is 1. The molecule has 0 spiro atoms. The molecule has 254 valence electrons. The number of benzene rings is 6. The maximum atomic E-state index is 12.6. The van der Waals surface area contributed by atoms with Gasteiger partial charge in [0.1, 0.15) is 34.4 Å². The molecule has 0 saturated heterocycles. The van der Waals surface area contributed by atoms with Gasteiger partial charge in [-0.05, 0) is 102 Å². The molecule has 52 heavy (non-hydrogen) atoms. The molecule has 0 radical (unpaired) electrons. The van der Waals surface area contributed by atoms with Crippen LogP contribution in [-0.4, -0.2) is 31.3 Å². The fraction of sp³-hybridized carbons (Fsp3) is 0.0244. The largest absolute Gasteiger partial charge is 0.508 e. The first-order valence-electron chi connectivity index (χ1n) is 16.2. The number of aromatic nitrogens is 2. The number of aromatic hydroxyl groups is 1. The quantitative estimate of drug-likeness (QED) is 0.0766. The van der Waals surface area contributed by atoms with Crippen molar-refractivity contribution in [2.75, 3.05) is 10.6 Å². The molecule has 0 saturated carbocycles. The second-order valence-electron chi connectivity index (χ2n) is 12.1. The van der Waals surface area contributed by atoms with Crippen LogP contribution in [0.3, 0.4) is 0 Å². The van der Waals surface area contributed by atoms with Gasteiger partial charge in [-0.2, -0.15) is 0 Å². The molecule has 0 unspecified atom stereocenters. The molecule has 2 aliphatic rings. The van der Waals surface area contributed by atoms with E-state index in [1.54, 1.807) is 24.3 Å². The molecule has 1 aromatic heterocycles. The number of hydrogen-bond donors (Lipinski definition) is 5. The Bertz CT molecular complexity index is 2670. The number of aromatic amines is 1. The van der Waals surface area contributed by atoms with Crippen molar-refractivity contribution in [3.05, 3.63) is 155 Å². The van der Waals surface area contributed by atoms with Gasteiger partial charge in [0.05, 0.1) is 16.6 Å². The first-order chi connectivity index (χ1) is 25.3. The van der Waals surface area contributed by atoms with Gasteiger partial charge in [0.15, 0.2) is 10.5 Å². The Morgan fingerprint density at radius 3 is 2.33 bits per heavy atom. The van der Waals surface area contributed by atoms with Crippen molar-refractivity contribution in [3.63, 3.8) is 0 Å². The predicted octanol–water partition coefficient (Wildman–Crippen LogP) is 9.04. The van der Waals surface area contributed by atoms with Crippen LogP contribution >= 0.6 is 12.2 Å². The molecule has 2 heterocycles. The summed E-state index contributed by atoms with van der Waals surface area (Å²) < 4.78 is 11.8. The van der Waals surface area contributed by atoms with Crippen molar-refractivity contribution in [3.8, 4) is 39.7 Å². The number of ether oxygens (including phenoxy) is 1. The first kappa shape index (κ1) is 32.2. The molecule has 0 bridgehead atoms. The van der Waals surface area contributed by atoms with E-state index in [1.165, 1.54) is 30.3 Å². The minimum absolute atomic E-state index is 0.00436. The number of H-pyrrole nitrogens is 1. The molecule has 11 heteroatoms. The molecule has 0 fully saturated rings. The van der Waals surface area contributed by atoms with Crippen LogP contribution in [0.25, 0.3) is 44.5 Å². The summed E-state index contributed by atoms with van der Waals surface area (Å²) in [5, 5.41) is 27.5. The maximum absolute atomic E-state index is 12.6. The molecule has 8 rings (SSSR count). The Morgan fingerprint density at radius 1 is 0.808 bits per heavy atom. The summed E-state index contributed by atoms with van der Waals surface area (Å²) in [6, 6.07) is 37.0. The van der Waals surface area contributed by atoms with Crippen molar-refractivity contribution < 1.29 is 24.2 Å². The zero-order valence-electron chi connectivity index (χ0n) is 27.2. The molecule has 1 aliphatic heterocycles. The molecular formula is C41H28N4O6S. The van der Waals surface area contributed by atoms with Gasteiger partial charge in [-0.1, -0.05) is 36.4 Å². The zero-order valence-corrected chi connectivity index (χ0v) is 28.0. The Morgan fingerprint density at radius 2 is 1.54 bits per heavy atom. The number of carboxylic acid groups (broad SMARTS) is 1. The highest BCUT2D eigenvalue weighted by Gasteiger charge is 2.22. The summed E-state index contributed by atoms with van der Waals surface area (Å²) >= 11 is 5.60. The van der Waals surface area contributed by atoms with Gasteiger partial charge in [-0.3, -0.25) is 4.79 Å². The highest BCUT2D eigenvalue weighted by atomic mass is 32.1. The SMILES string of the molecule is O=C(O)c1cc(NC(=S)Nc2ccc3[nH]c(Cc4ccc(Oc5ccccc5)cc4)nc3c2)ccc1-c1c2ccc(=O)cc-2oc2cc(O)ccc12. The predicted molar refractivity (Wildman–Crippen MR) is 205 cm³/mol. The van der Waals surface area contributed by atoms with E-state index in [9.17, 15) is 19.8 Å². The summed E-state index contributed by atoms with van der Waals surface area (Å²) in [7, 11) is 0. The number of thiocarbonyl (C=S) groups is 1. The van der Waals surface area contributed by atoms with Crippen molar-refractivity contribution in [2.45, 2.75) is 6.42 Å². The van der Waals surface area contributed by atoms with Gasteiger partial charge in [0, 0.05) is 46.4 Å². The van der Waals surface area contributed by atoms with Crippen molar-refractivity contribution in [1.82, 2.24) is 9.97 Å². The standard InChI is InChI=1S/C41H28N4O6S/c46-26-10-15-31-36(21-26)51-37-22-27(47)11-16-32(37)39(31)30-14-8-24(19-33(30)40(48)49)42-41(52)43-25-9-17-34-35(20-25)45-38(44-34)18-23-6-12-29(13-7-23)50-28-4-2-1-3-5-28/h1-17,19-22,46H,18H2,(H,44,45)(H,48,49)(H2,42,43,52). The number of nitrogens with one attached hydrogen (secondary N) is 3. The van der Waals surface area contributed by atoms with Gasteiger partial charge in [0.2, 0.25) is 0 Å². The van der Waals surface area contributed by atoms with E-state index in [0.29, 0.717) is 45.5 Å². The van der Waals surface area contributed by atoms with Gasteiger partial charge in [-0.25, -0.2) is 9.78 Å². The Labute approximate surface area is 301 Å². The molecular weight excluding hydrogens is 677 g/mol. The van der Waals surface area contributed by atoms with E-state index in [-0.39, 0.29) is 27.6 Å². The van der Waals surface area contributed by atoms with Gasteiger partial charge in [0.25, 0.3) is 0 Å². The third kappa shape index (κ3) is 6.63. The number of carboxylic acids is 1. The molecule has 0 atom stereocenters. The van der Waals surface area contributed by atoms with Gasteiger partial charge < -0.3 is 35.0 Å². The van der Waals surface area contributed by atoms with Crippen LogP contribution in [0, 0.1) is 0 Å². The highest BCUT2D eigenvalue weighted by Crippen LogP contribution is 2.42. The van der Waals surface area contributed by atoms with Crippen molar-refractivity contribution in [2.24, 2.45) is 0 Å². The molecule has 1 aliphatic carbocycles. The smallest absolute Gasteiger partial charge is 0.336 e. The molecule has 5 aromatic carbocycles. The highest BCUT2D eigenvalue weighted by molar-refractivity contribution is 7.80. The number of anilines is 2. The van der Waals surface area contributed by atoms with Crippen LogP contribution in [0.5, 0.6) is 17.2 Å². The number of phenolic OH excluding ortho intramolecular Hbond substituents is 1. The lowest BCUT2D eigenvalue weighted by molar-refractivity contribution is 0.0697. The van der Waals surface area contributed by atoms with Crippen LogP contribution in [0.4, 0.5) is 11.4 Å². The molecule has 6 aromatic rings. The fourth-order valence-corrected chi connectivity index (χ4v) is 6.41. The summed E-state index contributed by atoms with van der Waals surface area (Å²) in [6.07, 6.45) is 0.608. The number of para-hydroxylation sites is 1. The van der Waals surface area contributed by atoms with Crippen molar-refractivity contribution in [1.29, 1.82) is 0 Å². The number of phenols is 1. The van der Waals surface area contributed by atoms with E-state index in [0.717, 1.165) is 33.9 Å². The van der Waals surface area contributed by atoms with Crippen molar-refractivity contribution >= 4 is 56.7 Å². The number of rotatable bonds is 8. The van der Waals surface area contributed by atoms with Crippen LogP contribution in [0.1, 0.15) is 21.7 Å². The lowest BCUT2D eigenvalue weighted by Gasteiger charge is -2.18. The topological polar surface area (TPSA) is 150 Å². The third-order valence-electron chi connectivity index (χ3n) is 8.52. The molecule has 10 nitrogen and oxygen atoms in total. The number of nitrogens with zero attached hydrogens (tertiary/aromatic N) is 1. The first-order valence-corrected chi connectivity index (χ1v) is 16.6. The number of imidazole rings is 1. The normalized spacial score (nSPS) is 11.2. The van der Waals surface area contributed by atoms with Crippen LogP contribution in [0.2, 0.25) is 0 Å². The van der Waals surface area contributed by atoms with E-state index in [1.807, 2.05) is 72.8 Å². The van der Waals surface area contributed by atoms with E-state index >= 15 is 0 Å². The van der Waals surface area contributed by atoms with E-state index in [4.69, 9.17) is 26.4 Å². The Balaban J connectivity index is 0.995. The monoisotopic (exact) mass is 704 g/mol. The summed E-state index contributed by atoms with van der Waals surface area (Å²) in [6.45, 7) is 0. The maximum Gasteiger partial charge on any atom is 0.336 e. The Kier molecular flexibility index (Phi) is 8.30. The Hall–Kier alpha value is -6.98. The number of carbonyl (C=O) groups is 1. The lowest BCUT2D eigenvalue weighted by atomic mass is 9.90. The molecule has 5 N–H and O–H groups in total. The number of fused-ring (bicyclic) bond motifs is 3. The minimum atomic E-state index is -1.16. The second kappa shape index (κ2) is 13.4. The average molecular weight is 705 g/mol. The molecule has 0 amide bonds. The minimum Gasteiger partial charge on any atom is -0.508 e. The van der Waals surface area contributed by atoms with Gasteiger partial charge in [-0.15, -0.1) is 0 Å².